The number of oxime groups is 1. The van der Waals surface area contributed by atoms with Gasteiger partial charge in [0.25, 0.3) is 0 Å². The molecular weight excluding hydrogens is 242 g/mol. The van der Waals surface area contributed by atoms with Gasteiger partial charge >= 0.3 is 0 Å². The van der Waals surface area contributed by atoms with Crippen molar-refractivity contribution >= 4 is 5.84 Å². The average Bonchev–Trinajstić information content (AvgIpc) is 2.46. The number of benzene rings is 1. The maximum atomic E-state index is 8.63. The maximum Gasteiger partial charge on any atom is 0.170 e. The molecule has 0 fully saturated rings. The molecule has 19 heavy (non-hydrogen) atoms. The Bertz CT molecular complexity index is 394. The van der Waals surface area contributed by atoms with Crippen LogP contribution >= 0.6 is 0 Å². The summed E-state index contributed by atoms with van der Waals surface area (Å²) in [5, 5.41) is 14.9. The van der Waals surface area contributed by atoms with Gasteiger partial charge in [0, 0.05) is 25.3 Å². The number of nitrogens with zero attached hydrogens (tertiary/aromatic N) is 1. The minimum Gasteiger partial charge on any atom is -0.409 e. The molecule has 5 nitrogen and oxygen atoms in total. The van der Waals surface area contributed by atoms with E-state index in [1.165, 1.54) is 0 Å². The zero-order chi connectivity index (χ0) is 13.9. The van der Waals surface area contributed by atoms with Crippen molar-refractivity contribution < 1.29 is 9.94 Å². The molecule has 0 aromatic heterocycles. The molecule has 1 aromatic carbocycles. The fourth-order valence-corrected chi connectivity index (χ4v) is 1.62. The Labute approximate surface area is 114 Å². The largest absolute Gasteiger partial charge is 0.409 e. The number of amidine groups is 1. The summed E-state index contributed by atoms with van der Waals surface area (Å²) in [6, 6.07) is 7.60. The first-order valence-electron chi connectivity index (χ1n) is 6.63. The first-order valence-corrected chi connectivity index (χ1v) is 6.63. The van der Waals surface area contributed by atoms with Gasteiger partial charge in [-0.1, -0.05) is 36.7 Å². The highest BCUT2D eigenvalue weighted by Crippen LogP contribution is 2.04. The Morgan fingerprint density at radius 3 is 3.00 bits per heavy atom. The Hall–Kier alpha value is -1.59. The second kappa shape index (κ2) is 9.35. The zero-order valence-corrected chi connectivity index (χ0v) is 11.4. The molecule has 0 aliphatic rings. The third kappa shape index (κ3) is 6.22. The first-order chi connectivity index (χ1) is 9.27. The van der Waals surface area contributed by atoms with E-state index in [1.54, 1.807) is 0 Å². The van der Waals surface area contributed by atoms with E-state index >= 15 is 0 Å². The van der Waals surface area contributed by atoms with Gasteiger partial charge in [0.15, 0.2) is 5.84 Å². The lowest BCUT2D eigenvalue weighted by atomic mass is 10.1. The van der Waals surface area contributed by atoms with Gasteiger partial charge in [-0.05, 0) is 18.1 Å². The molecule has 0 spiro atoms. The lowest BCUT2D eigenvalue weighted by Crippen LogP contribution is -2.20. The number of unbranched alkanes of at least 4 members (excludes halogenated alkanes) is 1. The summed E-state index contributed by atoms with van der Waals surface area (Å²) in [4.78, 5) is 0. The first kappa shape index (κ1) is 15.5. The van der Waals surface area contributed by atoms with Crippen molar-refractivity contribution in [3.63, 3.8) is 0 Å². The van der Waals surface area contributed by atoms with Crippen LogP contribution in [0.2, 0.25) is 0 Å². The Morgan fingerprint density at radius 2 is 2.26 bits per heavy atom. The van der Waals surface area contributed by atoms with Gasteiger partial charge in [-0.2, -0.15) is 0 Å². The van der Waals surface area contributed by atoms with Gasteiger partial charge in [0.05, 0.1) is 6.61 Å². The van der Waals surface area contributed by atoms with Crippen molar-refractivity contribution in [1.82, 2.24) is 5.32 Å². The second-order valence-electron chi connectivity index (χ2n) is 4.33. The fourth-order valence-electron chi connectivity index (χ4n) is 1.62. The zero-order valence-electron chi connectivity index (χ0n) is 11.4. The Balaban J connectivity index is 2.26. The van der Waals surface area contributed by atoms with Crippen LogP contribution in [0.3, 0.4) is 0 Å². The number of rotatable bonds is 9. The molecule has 0 radical (unpaired) electrons. The van der Waals surface area contributed by atoms with Crippen molar-refractivity contribution in [2.24, 2.45) is 10.9 Å². The number of hydrogen-bond donors (Lipinski definition) is 3. The van der Waals surface area contributed by atoms with Crippen LogP contribution in [0.25, 0.3) is 0 Å². The van der Waals surface area contributed by atoms with Crippen molar-refractivity contribution in [1.29, 1.82) is 0 Å². The van der Waals surface area contributed by atoms with Crippen molar-refractivity contribution in [3.05, 3.63) is 35.4 Å². The van der Waals surface area contributed by atoms with Crippen LogP contribution in [0.1, 0.15) is 30.9 Å². The number of hydrogen-bond acceptors (Lipinski definition) is 4. The standard InChI is InChI=1S/C14H23N3O2/c1-2-3-8-19-9-7-16-11-12-5-4-6-13(10-12)14(15)17-18/h4-6,10,16,18H,2-3,7-9,11H2,1H3,(H2,15,17). The van der Waals surface area contributed by atoms with E-state index in [0.717, 1.165) is 50.3 Å². The summed E-state index contributed by atoms with van der Waals surface area (Å²) < 4.78 is 5.46. The summed E-state index contributed by atoms with van der Waals surface area (Å²) in [6.45, 7) is 5.26. The van der Waals surface area contributed by atoms with Crippen LogP contribution in [0, 0.1) is 0 Å². The lowest BCUT2D eigenvalue weighted by Gasteiger charge is -2.07. The molecule has 0 bridgehead atoms. The normalized spacial score (nSPS) is 11.7. The number of nitrogens with one attached hydrogen (secondary N) is 1. The van der Waals surface area contributed by atoms with Crippen LogP contribution in [0.5, 0.6) is 0 Å². The highest BCUT2D eigenvalue weighted by Gasteiger charge is 2.00. The van der Waals surface area contributed by atoms with Gasteiger partial charge in [-0.3, -0.25) is 0 Å². The molecule has 0 amide bonds. The lowest BCUT2D eigenvalue weighted by molar-refractivity contribution is 0.133. The number of ether oxygens (including phenoxy) is 1. The molecule has 0 atom stereocenters. The Morgan fingerprint density at radius 1 is 1.42 bits per heavy atom. The minimum atomic E-state index is 0.129. The van der Waals surface area contributed by atoms with E-state index < -0.39 is 0 Å². The van der Waals surface area contributed by atoms with Crippen LogP contribution in [-0.2, 0) is 11.3 Å². The SMILES string of the molecule is CCCCOCCNCc1cccc(C(N)=NO)c1. The summed E-state index contributed by atoms with van der Waals surface area (Å²) >= 11 is 0. The van der Waals surface area contributed by atoms with Gasteiger partial charge < -0.3 is 21.0 Å². The summed E-state index contributed by atoms with van der Waals surface area (Å²) in [5.41, 5.74) is 7.36. The van der Waals surface area contributed by atoms with E-state index in [4.69, 9.17) is 15.7 Å². The van der Waals surface area contributed by atoms with Crippen LogP contribution in [0.15, 0.2) is 29.4 Å². The molecule has 4 N–H and O–H groups in total. The molecule has 106 valence electrons. The van der Waals surface area contributed by atoms with E-state index in [2.05, 4.69) is 17.4 Å². The molecule has 1 aromatic rings. The van der Waals surface area contributed by atoms with Gasteiger partial charge in [-0.25, -0.2) is 0 Å². The summed E-state index contributed by atoms with van der Waals surface area (Å²) in [6.07, 6.45) is 2.27. The third-order valence-corrected chi connectivity index (χ3v) is 2.73. The topological polar surface area (TPSA) is 79.9 Å². The smallest absolute Gasteiger partial charge is 0.170 e. The van der Waals surface area contributed by atoms with Crippen molar-refractivity contribution in [2.75, 3.05) is 19.8 Å². The molecular formula is C14H23N3O2. The predicted molar refractivity (Wildman–Crippen MR) is 76.4 cm³/mol. The molecule has 0 aliphatic heterocycles. The van der Waals surface area contributed by atoms with Crippen molar-refractivity contribution in [3.8, 4) is 0 Å². The third-order valence-electron chi connectivity index (χ3n) is 2.73. The Kier molecular flexibility index (Phi) is 7.62. The van der Waals surface area contributed by atoms with Crippen molar-refractivity contribution in [2.45, 2.75) is 26.3 Å². The molecule has 0 saturated carbocycles. The highest BCUT2D eigenvalue weighted by atomic mass is 16.5. The van der Waals surface area contributed by atoms with Crippen LogP contribution in [-0.4, -0.2) is 30.8 Å². The van der Waals surface area contributed by atoms with E-state index in [9.17, 15) is 0 Å². The highest BCUT2D eigenvalue weighted by molar-refractivity contribution is 5.97. The van der Waals surface area contributed by atoms with Gasteiger partial charge in [0.1, 0.15) is 0 Å². The van der Waals surface area contributed by atoms with Gasteiger partial charge in [-0.15, -0.1) is 0 Å². The number of nitrogens with two attached hydrogens (primary N) is 1. The summed E-state index contributed by atoms with van der Waals surface area (Å²) in [7, 11) is 0. The van der Waals surface area contributed by atoms with E-state index in [-0.39, 0.29) is 5.84 Å². The predicted octanol–water partition coefficient (Wildman–Crippen LogP) is 1.69. The minimum absolute atomic E-state index is 0.129. The van der Waals surface area contributed by atoms with Crippen LogP contribution in [0.4, 0.5) is 0 Å². The molecule has 0 heterocycles. The second-order valence-corrected chi connectivity index (χ2v) is 4.33. The maximum absolute atomic E-state index is 8.63. The average molecular weight is 265 g/mol. The summed E-state index contributed by atoms with van der Waals surface area (Å²) in [5.74, 6) is 0.129. The fraction of sp³-hybridized carbons (Fsp3) is 0.500. The quantitative estimate of drug-likeness (QED) is 0.209. The monoisotopic (exact) mass is 265 g/mol. The molecule has 5 heteroatoms. The van der Waals surface area contributed by atoms with E-state index in [1.807, 2.05) is 24.3 Å². The molecule has 0 aliphatic carbocycles. The molecule has 0 saturated heterocycles. The molecule has 1 rings (SSSR count). The van der Waals surface area contributed by atoms with E-state index in [0.29, 0.717) is 0 Å². The molecule has 0 unspecified atom stereocenters. The van der Waals surface area contributed by atoms with Crippen LogP contribution < -0.4 is 11.1 Å². The van der Waals surface area contributed by atoms with Gasteiger partial charge in [0.2, 0.25) is 0 Å².